The monoisotopic (exact) mass is 305 g/mol. The normalized spacial score (nSPS) is 9.53. The molecule has 0 saturated heterocycles. The predicted molar refractivity (Wildman–Crippen MR) is 76.0 cm³/mol. The Morgan fingerprint density at radius 3 is 2.41 bits per heavy atom. The van der Waals surface area contributed by atoms with E-state index < -0.39 is 0 Å². The first-order chi connectivity index (χ1) is 8.16. The van der Waals surface area contributed by atoms with Crippen molar-refractivity contribution in [3.8, 4) is 11.8 Å². The molecule has 0 spiro atoms. The van der Waals surface area contributed by atoms with E-state index in [0.717, 1.165) is 15.6 Å². The fourth-order valence-corrected chi connectivity index (χ4v) is 1.81. The summed E-state index contributed by atoms with van der Waals surface area (Å²) >= 11 is 9.17. The van der Waals surface area contributed by atoms with Gasteiger partial charge in [0.15, 0.2) is 0 Å². The Balaban J connectivity index is 2.33. The second kappa shape index (κ2) is 5.27. The number of halogens is 2. The maximum absolute atomic E-state index is 5.90. The highest BCUT2D eigenvalue weighted by Crippen LogP contribution is 2.22. The van der Waals surface area contributed by atoms with Gasteiger partial charge >= 0.3 is 0 Å². The number of benzene rings is 2. The molecule has 2 rings (SSSR count). The van der Waals surface area contributed by atoms with Gasteiger partial charge in [-0.1, -0.05) is 29.5 Å². The van der Waals surface area contributed by atoms with E-state index in [2.05, 4.69) is 27.8 Å². The Labute approximate surface area is 114 Å². The van der Waals surface area contributed by atoms with Gasteiger partial charge in [0.2, 0.25) is 0 Å². The first kappa shape index (κ1) is 12.0. The van der Waals surface area contributed by atoms with Gasteiger partial charge in [-0.3, -0.25) is 0 Å². The molecule has 2 aromatic rings. The molecule has 0 bridgehead atoms. The van der Waals surface area contributed by atoms with Crippen molar-refractivity contribution in [3.05, 3.63) is 63.1 Å². The average molecular weight is 307 g/mol. The molecule has 2 N–H and O–H groups in total. The summed E-state index contributed by atoms with van der Waals surface area (Å²) < 4.78 is 0.861. The van der Waals surface area contributed by atoms with Gasteiger partial charge in [0.25, 0.3) is 0 Å². The summed E-state index contributed by atoms with van der Waals surface area (Å²) in [4.78, 5) is 0. The van der Waals surface area contributed by atoms with Crippen molar-refractivity contribution in [3.63, 3.8) is 0 Å². The maximum Gasteiger partial charge on any atom is 0.0617 e. The molecule has 0 radical (unpaired) electrons. The van der Waals surface area contributed by atoms with Crippen LogP contribution in [0.15, 0.2) is 46.9 Å². The van der Waals surface area contributed by atoms with Gasteiger partial charge in [-0.25, -0.2) is 0 Å². The third kappa shape index (κ3) is 3.03. The molecule has 3 heteroatoms. The summed E-state index contributed by atoms with van der Waals surface area (Å²) in [5.74, 6) is 6.09. The van der Waals surface area contributed by atoms with Crippen LogP contribution < -0.4 is 5.73 Å². The van der Waals surface area contributed by atoms with E-state index in [1.807, 2.05) is 42.5 Å². The van der Waals surface area contributed by atoms with Crippen LogP contribution in [0.4, 0.5) is 5.69 Å². The topological polar surface area (TPSA) is 26.0 Å². The third-order valence-electron chi connectivity index (χ3n) is 2.24. The van der Waals surface area contributed by atoms with Gasteiger partial charge in [0.05, 0.1) is 5.69 Å². The number of nitrogens with two attached hydrogens (primary N) is 1. The highest BCUT2D eigenvalue weighted by molar-refractivity contribution is 9.10. The highest BCUT2D eigenvalue weighted by atomic mass is 79.9. The molecule has 0 aliphatic rings. The van der Waals surface area contributed by atoms with Gasteiger partial charge in [0, 0.05) is 20.6 Å². The number of para-hydroxylation sites is 1. The van der Waals surface area contributed by atoms with E-state index in [1.54, 1.807) is 0 Å². The van der Waals surface area contributed by atoms with E-state index in [9.17, 15) is 0 Å². The molecule has 17 heavy (non-hydrogen) atoms. The van der Waals surface area contributed by atoms with Gasteiger partial charge < -0.3 is 5.73 Å². The van der Waals surface area contributed by atoms with E-state index in [0.29, 0.717) is 10.7 Å². The molecule has 1 nitrogen and oxygen atoms in total. The van der Waals surface area contributed by atoms with Crippen molar-refractivity contribution in [2.45, 2.75) is 0 Å². The molecule has 84 valence electrons. The predicted octanol–water partition coefficient (Wildman–Crippen LogP) is 4.08. The summed E-state index contributed by atoms with van der Waals surface area (Å²) in [6.07, 6.45) is 0. The van der Waals surface area contributed by atoms with Crippen LogP contribution in [0.3, 0.4) is 0 Å². The molecule has 0 amide bonds. The average Bonchev–Trinajstić information content (AvgIpc) is 2.33. The molecular weight excluding hydrogens is 298 g/mol. The van der Waals surface area contributed by atoms with Gasteiger partial charge in [-0.05, 0) is 52.3 Å². The quantitative estimate of drug-likeness (QED) is 0.576. The van der Waals surface area contributed by atoms with Crippen LogP contribution in [0.25, 0.3) is 0 Å². The zero-order valence-electron chi connectivity index (χ0n) is 8.87. The first-order valence-electron chi connectivity index (χ1n) is 4.98. The Morgan fingerprint density at radius 1 is 1.00 bits per heavy atom. The minimum atomic E-state index is 0.661. The van der Waals surface area contributed by atoms with Crippen molar-refractivity contribution in [1.29, 1.82) is 0 Å². The minimum absolute atomic E-state index is 0.661. The van der Waals surface area contributed by atoms with E-state index in [1.165, 1.54) is 0 Å². The van der Waals surface area contributed by atoms with Crippen molar-refractivity contribution in [1.82, 2.24) is 0 Å². The largest absolute Gasteiger partial charge is 0.397 e. The number of hydrogen-bond donors (Lipinski definition) is 1. The molecule has 2 aromatic carbocycles. The molecule has 0 heterocycles. The smallest absolute Gasteiger partial charge is 0.0617 e. The van der Waals surface area contributed by atoms with Crippen molar-refractivity contribution < 1.29 is 0 Å². The second-order valence-electron chi connectivity index (χ2n) is 3.46. The Hall–Kier alpha value is -1.43. The van der Waals surface area contributed by atoms with Crippen LogP contribution in [0, 0.1) is 11.8 Å². The molecule has 0 aliphatic carbocycles. The lowest BCUT2D eigenvalue weighted by molar-refractivity contribution is 1.58. The summed E-state index contributed by atoms with van der Waals surface area (Å²) in [6.45, 7) is 0. The lowest BCUT2D eigenvalue weighted by atomic mass is 10.1. The van der Waals surface area contributed by atoms with Gasteiger partial charge in [-0.2, -0.15) is 0 Å². The number of nitrogen functional groups attached to an aromatic ring is 1. The fraction of sp³-hybridized carbons (Fsp3) is 0. The number of rotatable bonds is 0. The Kier molecular flexibility index (Phi) is 3.73. The van der Waals surface area contributed by atoms with Crippen LogP contribution in [0.2, 0.25) is 5.02 Å². The lowest BCUT2D eigenvalue weighted by Gasteiger charge is -1.99. The summed E-state index contributed by atoms with van der Waals surface area (Å²) in [7, 11) is 0. The van der Waals surface area contributed by atoms with E-state index >= 15 is 0 Å². The third-order valence-corrected chi connectivity index (χ3v) is 3.18. The molecular formula is C14H9BrClN. The molecule has 0 atom stereocenters. The van der Waals surface area contributed by atoms with Crippen molar-refractivity contribution in [2.75, 3.05) is 5.73 Å². The minimum Gasteiger partial charge on any atom is -0.397 e. The van der Waals surface area contributed by atoms with Crippen molar-refractivity contribution in [2.24, 2.45) is 0 Å². The Bertz CT molecular complexity index is 594. The molecule has 0 aromatic heterocycles. The van der Waals surface area contributed by atoms with Crippen LogP contribution in [0.1, 0.15) is 11.1 Å². The van der Waals surface area contributed by atoms with Crippen LogP contribution in [-0.2, 0) is 0 Å². The van der Waals surface area contributed by atoms with Crippen LogP contribution in [0.5, 0.6) is 0 Å². The fourth-order valence-electron chi connectivity index (χ4n) is 1.32. The molecule has 0 fully saturated rings. The van der Waals surface area contributed by atoms with Crippen molar-refractivity contribution >= 4 is 33.2 Å². The van der Waals surface area contributed by atoms with Crippen LogP contribution >= 0.6 is 27.5 Å². The van der Waals surface area contributed by atoms with E-state index in [4.69, 9.17) is 17.3 Å². The highest BCUT2D eigenvalue weighted by Gasteiger charge is 1.98. The summed E-state index contributed by atoms with van der Waals surface area (Å²) in [5, 5.41) is 0.706. The van der Waals surface area contributed by atoms with E-state index in [-0.39, 0.29) is 0 Å². The zero-order chi connectivity index (χ0) is 12.3. The summed E-state index contributed by atoms with van der Waals surface area (Å²) in [5.41, 5.74) is 8.29. The first-order valence-corrected chi connectivity index (χ1v) is 6.15. The SMILES string of the molecule is Nc1c(Br)cccc1C#Cc1ccc(Cl)cc1. The van der Waals surface area contributed by atoms with Gasteiger partial charge in [-0.15, -0.1) is 0 Å². The standard InChI is InChI=1S/C14H9BrClN/c15-13-3-1-2-11(14(13)17)7-4-10-5-8-12(16)9-6-10/h1-3,5-6,8-9H,17H2. The number of anilines is 1. The lowest BCUT2D eigenvalue weighted by Crippen LogP contribution is -1.90. The maximum atomic E-state index is 5.90. The molecule has 0 aliphatic heterocycles. The molecule has 0 unspecified atom stereocenters. The second-order valence-corrected chi connectivity index (χ2v) is 4.75. The molecule has 0 saturated carbocycles. The van der Waals surface area contributed by atoms with Gasteiger partial charge in [0.1, 0.15) is 0 Å². The zero-order valence-corrected chi connectivity index (χ0v) is 11.2. The summed E-state index contributed by atoms with van der Waals surface area (Å²) in [6, 6.07) is 13.1. The van der Waals surface area contributed by atoms with Crippen LogP contribution in [-0.4, -0.2) is 0 Å². The Morgan fingerprint density at radius 2 is 1.71 bits per heavy atom. The number of hydrogen-bond acceptors (Lipinski definition) is 1.